The maximum Gasteiger partial charge on any atom is 0.223 e. The van der Waals surface area contributed by atoms with E-state index in [1.165, 1.54) is 12.4 Å². The molecule has 2 fully saturated rings. The first-order valence-corrected chi connectivity index (χ1v) is 7.84. The van der Waals surface area contributed by atoms with Crippen LogP contribution in [-0.4, -0.2) is 46.2 Å². The number of aromatic nitrogens is 2. The SMILES string of the molecule is Fc1cnc(N[C@H]2CO[C@@]3(CCN(Cc4ccco4)C3)C2)nc1. The van der Waals surface area contributed by atoms with Gasteiger partial charge < -0.3 is 14.5 Å². The van der Waals surface area contributed by atoms with Crippen molar-refractivity contribution in [1.29, 1.82) is 0 Å². The van der Waals surface area contributed by atoms with Crippen LogP contribution in [0.5, 0.6) is 0 Å². The number of likely N-dealkylation sites (tertiary alicyclic amines) is 1. The van der Waals surface area contributed by atoms with Crippen LogP contribution < -0.4 is 5.32 Å². The predicted molar refractivity (Wildman–Crippen MR) is 81.3 cm³/mol. The van der Waals surface area contributed by atoms with Crippen LogP contribution in [-0.2, 0) is 11.3 Å². The maximum atomic E-state index is 12.8. The lowest BCUT2D eigenvalue weighted by Crippen LogP contribution is -2.33. The average Bonchev–Trinajstić information content (AvgIpc) is 3.26. The molecule has 6 nitrogen and oxygen atoms in total. The van der Waals surface area contributed by atoms with Gasteiger partial charge in [0.05, 0.1) is 43.5 Å². The van der Waals surface area contributed by atoms with Crippen LogP contribution in [0.15, 0.2) is 35.2 Å². The van der Waals surface area contributed by atoms with Crippen LogP contribution in [0, 0.1) is 5.82 Å². The topological polar surface area (TPSA) is 63.4 Å². The van der Waals surface area contributed by atoms with Gasteiger partial charge in [0.15, 0.2) is 5.82 Å². The third-order valence-electron chi connectivity index (χ3n) is 4.52. The molecule has 4 heterocycles. The average molecular weight is 318 g/mol. The highest BCUT2D eigenvalue weighted by Crippen LogP contribution is 2.36. The number of furan rings is 1. The summed E-state index contributed by atoms with van der Waals surface area (Å²) in [6.45, 7) is 3.34. The summed E-state index contributed by atoms with van der Waals surface area (Å²) >= 11 is 0. The molecule has 2 aliphatic rings. The van der Waals surface area contributed by atoms with Gasteiger partial charge >= 0.3 is 0 Å². The van der Waals surface area contributed by atoms with Crippen molar-refractivity contribution in [3.05, 3.63) is 42.4 Å². The van der Waals surface area contributed by atoms with Crippen molar-refractivity contribution in [3.63, 3.8) is 0 Å². The Morgan fingerprint density at radius 3 is 3.04 bits per heavy atom. The van der Waals surface area contributed by atoms with E-state index in [0.717, 1.165) is 38.2 Å². The molecule has 7 heteroatoms. The Bertz CT molecular complexity index is 649. The van der Waals surface area contributed by atoms with Gasteiger partial charge in [-0.3, -0.25) is 4.90 Å². The summed E-state index contributed by atoms with van der Waals surface area (Å²) in [5.41, 5.74) is -0.107. The van der Waals surface area contributed by atoms with E-state index in [2.05, 4.69) is 20.2 Å². The molecular weight excluding hydrogens is 299 g/mol. The molecule has 4 rings (SSSR count). The smallest absolute Gasteiger partial charge is 0.223 e. The van der Waals surface area contributed by atoms with Crippen LogP contribution in [0.1, 0.15) is 18.6 Å². The normalized spacial score (nSPS) is 27.8. The first-order chi connectivity index (χ1) is 11.2. The van der Waals surface area contributed by atoms with Gasteiger partial charge in [-0.1, -0.05) is 0 Å². The summed E-state index contributed by atoms with van der Waals surface area (Å²) in [7, 11) is 0. The molecule has 2 saturated heterocycles. The maximum absolute atomic E-state index is 12.8. The van der Waals surface area contributed by atoms with Gasteiger partial charge in [0.1, 0.15) is 5.76 Å². The summed E-state index contributed by atoms with van der Waals surface area (Å²) in [5, 5.41) is 3.23. The molecule has 0 saturated carbocycles. The largest absolute Gasteiger partial charge is 0.468 e. The fourth-order valence-electron chi connectivity index (χ4n) is 3.48. The predicted octanol–water partition coefficient (Wildman–Crippen LogP) is 2.05. The van der Waals surface area contributed by atoms with Crippen LogP contribution >= 0.6 is 0 Å². The summed E-state index contributed by atoms with van der Waals surface area (Å²) in [6, 6.07) is 4.07. The highest BCUT2D eigenvalue weighted by molar-refractivity contribution is 5.26. The zero-order chi connectivity index (χ0) is 15.7. The van der Waals surface area contributed by atoms with Gasteiger partial charge in [0, 0.05) is 19.5 Å². The van der Waals surface area contributed by atoms with E-state index in [-0.39, 0.29) is 11.6 Å². The molecule has 0 radical (unpaired) electrons. The molecule has 23 heavy (non-hydrogen) atoms. The van der Waals surface area contributed by atoms with Crippen molar-refractivity contribution in [3.8, 4) is 0 Å². The molecule has 0 amide bonds. The van der Waals surface area contributed by atoms with Crippen LogP contribution in [0.2, 0.25) is 0 Å². The zero-order valence-corrected chi connectivity index (χ0v) is 12.7. The van der Waals surface area contributed by atoms with Crippen molar-refractivity contribution in [2.75, 3.05) is 25.0 Å². The molecule has 0 bridgehead atoms. The lowest BCUT2D eigenvalue weighted by atomic mass is 9.97. The second-order valence-corrected chi connectivity index (χ2v) is 6.30. The number of ether oxygens (including phenoxy) is 1. The highest BCUT2D eigenvalue weighted by atomic mass is 19.1. The lowest BCUT2D eigenvalue weighted by Gasteiger charge is -2.23. The van der Waals surface area contributed by atoms with Gasteiger partial charge in [-0.25, -0.2) is 14.4 Å². The molecule has 2 aromatic rings. The first-order valence-electron chi connectivity index (χ1n) is 7.84. The van der Waals surface area contributed by atoms with Crippen LogP contribution in [0.3, 0.4) is 0 Å². The van der Waals surface area contributed by atoms with Gasteiger partial charge in [-0.15, -0.1) is 0 Å². The lowest BCUT2D eigenvalue weighted by molar-refractivity contribution is 0.0115. The van der Waals surface area contributed by atoms with E-state index in [1.807, 2.05) is 12.1 Å². The zero-order valence-electron chi connectivity index (χ0n) is 12.7. The molecular formula is C16H19FN4O2. The number of anilines is 1. The second kappa shape index (κ2) is 5.90. The van der Waals surface area contributed by atoms with Gasteiger partial charge in [-0.2, -0.15) is 0 Å². The van der Waals surface area contributed by atoms with E-state index in [1.54, 1.807) is 6.26 Å². The third kappa shape index (κ3) is 3.20. The van der Waals surface area contributed by atoms with Crippen molar-refractivity contribution in [2.24, 2.45) is 0 Å². The van der Waals surface area contributed by atoms with Crippen molar-refractivity contribution in [1.82, 2.24) is 14.9 Å². The second-order valence-electron chi connectivity index (χ2n) is 6.30. The van der Waals surface area contributed by atoms with E-state index < -0.39 is 5.82 Å². The monoisotopic (exact) mass is 318 g/mol. The van der Waals surface area contributed by atoms with E-state index in [9.17, 15) is 4.39 Å². The fraction of sp³-hybridized carbons (Fsp3) is 0.500. The Morgan fingerprint density at radius 1 is 1.39 bits per heavy atom. The third-order valence-corrected chi connectivity index (χ3v) is 4.52. The number of nitrogens with one attached hydrogen (secondary N) is 1. The van der Waals surface area contributed by atoms with E-state index in [0.29, 0.717) is 12.6 Å². The minimum Gasteiger partial charge on any atom is -0.468 e. The van der Waals surface area contributed by atoms with Crippen LogP contribution in [0.4, 0.5) is 10.3 Å². The Labute approximate surface area is 133 Å². The van der Waals surface area contributed by atoms with Gasteiger partial charge in [-0.05, 0) is 18.6 Å². The Morgan fingerprint density at radius 2 is 2.26 bits per heavy atom. The fourth-order valence-corrected chi connectivity index (χ4v) is 3.48. The number of hydrogen-bond donors (Lipinski definition) is 1. The molecule has 2 aliphatic heterocycles. The molecule has 0 aromatic carbocycles. The van der Waals surface area contributed by atoms with Crippen LogP contribution in [0.25, 0.3) is 0 Å². The van der Waals surface area contributed by atoms with Crippen molar-refractivity contribution < 1.29 is 13.5 Å². The van der Waals surface area contributed by atoms with E-state index in [4.69, 9.17) is 9.15 Å². The molecule has 0 aliphatic carbocycles. The standard InChI is InChI=1S/C16H19FN4O2/c17-12-7-18-15(19-8-12)20-13-6-16(23-10-13)3-4-21(11-16)9-14-2-1-5-22-14/h1-2,5,7-8,13H,3-4,6,9-11H2,(H,18,19,20)/t13-,16+/m1/s1. The quantitative estimate of drug-likeness (QED) is 0.931. The summed E-state index contributed by atoms with van der Waals surface area (Å²) in [5.74, 6) is 0.996. The molecule has 2 aromatic heterocycles. The number of nitrogens with zero attached hydrogens (tertiary/aromatic N) is 3. The summed E-state index contributed by atoms with van der Waals surface area (Å²) in [4.78, 5) is 10.2. The van der Waals surface area contributed by atoms with E-state index >= 15 is 0 Å². The van der Waals surface area contributed by atoms with Gasteiger partial charge in [0.2, 0.25) is 5.95 Å². The summed E-state index contributed by atoms with van der Waals surface area (Å²) < 4.78 is 24.4. The number of hydrogen-bond acceptors (Lipinski definition) is 6. The number of rotatable bonds is 4. The molecule has 122 valence electrons. The van der Waals surface area contributed by atoms with Crippen molar-refractivity contribution in [2.45, 2.75) is 31.0 Å². The number of halogens is 1. The Balaban J connectivity index is 1.33. The highest BCUT2D eigenvalue weighted by Gasteiger charge is 2.45. The molecule has 1 spiro atoms. The van der Waals surface area contributed by atoms with Crippen molar-refractivity contribution >= 4 is 5.95 Å². The minimum atomic E-state index is -0.431. The Kier molecular flexibility index (Phi) is 3.74. The Hall–Kier alpha value is -1.99. The van der Waals surface area contributed by atoms with Gasteiger partial charge in [0.25, 0.3) is 0 Å². The first kappa shape index (κ1) is 14.6. The molecule has 2 atom stereocenters. The summed E-state index contributed by atoms with van der Waals surface area (Å²) in [6.07, 6.45) is 5.96. The molecule has 1 N–H and O–H groups in total. The minimum absolute atomic E-state index is 0.107. The molecule has 0 unspecified atom stereocenters.